The van der Waals surface area contributed by atoms with Crippen LogP contribution in [-0.2, 0) is 4.79 Å². The first kappa shape index (κ1) is 14.7. The van der Waals surface area contributed by atoms with Crippen molar-refractivity contribution in [2.24, 2.45) is 0 Å². The zero-order chi connectivity index (χ0) is 14.5. The highest BCUT2D eigenvalue weighted by Crippen LogP contribution is 2.23. The van der Waals surface area contributed by atoms with Crippen LogP contribution >= 0.6 is 15.9 Å². The van der Waals surface area contributed by atoms with Crippen molar-refractivity contribution >= 4 is 27.5 Å². The second kappa shape index (κ2) is 6.61. The monoisotopic (exact) mass is 336 g/mol. The van der Waals surface area contributed by atoms with Crippen LogP contribution in [0.25, 0.3) is 0 Å². The molecule has 4 nitrogen and oxygen atoms in total. The molecule has 106 valence electrons. The summed E-state index contributed by atoms with van der Waals surface area (Å²) < 4.78 is 6.20. The number of aryl methyl sites for hydroxylation is 1. The number of carbonyl (C=O) groups excluding carboxylic acids is 1. The van der Waals surface area contributed by atoms with Crippen LogP contribution in [0.3, 0.4) is 0 Å². The Hall–Kier alpha value is -1.75. The zero-order valence-corrected chi connectivity index (χ0v) is 13.0. The van der Waals surface area contributed by atoms with Crippen molar-refractivity contribution < 1.29 is 9.21 Å². The quantitative estimate of drug-likeness (QED) is 0.876. The molecule has 2 rings (SSSR count). The van der Waals surface area contributed by atoms with Crippen molar-refractivity contribution in [1.82, 2.24) is 5.32 Å². The molecule has 5 heteroatoms. The molecule has 0 bridgehead atoms. The van der Waals surface area contributed by atoms with E-state index in [2.05, 4.69) is 26.6 Å². The summed E-state index contributed by atoms with van der Waals surface area (Å²) in [4.78, 5) is 11.9. The standard InChI is InChI=1S/C15H17BrN2O2/c1-10-5-6-13(12(16)8-10)17-9-15(19)18-11(2)14-4-3-7-20-14/h3-8,11,17H,9H2,1-2H3,(H,18,19). The first-order chi connectivity index (χ1) is 9.56. The molecule has 0 saturated carbocycles. The van der Waals surface area contributed by atoms with Crippen LogP contribution in [0.15, 0.2) is 45.5 Å². The largest absolute Gasteiger partial charge is 0.467 e. The van der Waals surface area contributed by atoms with Gasteiger partial charge in [-0.25, -0.2) is 0 Å². The van der Waals surface area contributed by atoms with Gasteiger partial charge in [0.15, 0.2) is 0 Å². The maximum Gasteiger partial charge on any atom is 0.239 e. The van der Waals surface area contributed by atoms with E-state index in [1.165, 1.54) is 5.56 Å². The minimum atomic E-state index is -0.138. The summed E-state index contributed by atoms with van der Waals surface area (Å²) in [7, 11) is 0. The lowest BCUT2D eigenvalue weighted by atomic mass is 10.2. The molecule has 1 aromatic carbocycles. The van der Waals surface area contributed by atoms with Crippen molar-refractivity contribution in [1.29, 1.82) is 0 Å². The number of halogens is 1. The topological polar surface area (TPSA) is 54.3 Å². The number of benzene rings is 1. The summed E-state index contributed by atoms with van der Waals surface area (Å²) in [5.74, 6) is 0.663. The third-order valence-electron chi connectivity index (χ3n) is 2.91. The fourth-order valence-corrected chi connectivity index (χ4v) is 2.47. The number of anilines is 1. The van der Waals surface area contributed by atoms with Crippen molar-refractivity contribution in [3.63, 3.8) is 0 Å². The maximum absolute atomic E-state index is 11.9. The minimum absolute atomic E-state index is 0.0821. The molecule has 0 aliphatic heterocycles. The van der Waals surface area contributed by atoms with E-state index in [1.807, 2.05) is 38.1 Å². The molecule has 1 atom stereocenters. The molecule has 2 N–H and O–H groups in total. The SMILES string of the molecule is Cc1ccc(NCC(=O)NC(C)c2ccco2)c(Br)c1. The number of carbonyl (C=O) groups is 1. The molecule has 2 aromatic rings. The highest BCUT2D eigenvalue weighted by Gasteiger charge is 2.11. The molecule has 1 aromatic heterocycles. The predicted octanol–water partition coefficient (Wildman–Crippen LogP) is 3.64. The third kappa shape index (κ3) is 3.87. The van der Waals surface area contributed by atoms with Crippen LogP contribution < -0.4 is 10.6 Å². The van der Waals surface area contributed by atoms with E-state index in [0.717, 1.165) is 15.9 Å². The van der Waals surface area contributed by atoms with Gasteiger partial charge >= 0.3 is 0 Å². The number of nitrogens with one attached hydrogen (secondary N) is 2. The Morgan fingerprint density at radius 3 is 2.85 bits per heavy atom. The number of rotatable bonds is 5. The van der Waals surface area contributed by atoms with Crippen LogP contribution in [0.5, 0.6) is 0 Å². The van der Waals surface area contributed by atoms with Crippen LogP contribution in [-0.4, -0.2) is 12.5 Å². The van der Waals surface area contributed by atoms with Crippen LogP contribution in [0.1, 0.15) is 24.3 Å². The minimum Gasteiger partial charge on any atom is -0.467 e. The normalized spacial score (nSPS) is 11.9. The summed E-state index contributed by atoms with van der Waals surface area (Å²) in [6.07, 6.45) is 1.60. The smallest absolute Gasteiger partial charge is 0.239 e. The van der Waals surface area contributed by atoms with Gasteiger partial charge < -0.3 is 15.1 Å². The first-order valence-electron chi connectivity index (χ1n) is 6.39. The highest BCUT2D eigenvalue weighted by atomic mass is 79.9. The van der Waals surface area contributed by atoms with E-state index in [9.17, 15) is 4.79 Å². The Balaban J connectivity index is 1.86. The lowest BCUT2D eigenvalue weighted by molar-refractivity contribution is -0.120. The Kier molecular flexibility index (Phi) is 4.84. The third-order valence-corrected chi connectivity index (χ3v) is 3.57. The van der Waals surface area contributed by atoms with Gasteiger partial charge in [0.25, 0.3) is 0 Å². The molecule has 0 aliphatic carbocycles. The van der Waals surface area contributed by atoms with E-state index in [-0.39, 0.29) is 18.5 Å². The van der Waals surface area contributed by atoms with Crippen LogP contribution in [0, 0.1) is 6.92 Å². The van der Waals surface area contributed by atoms with E-state index in [0.29, 0.717) is 0 Å². The van der Waals surface area contributed by atoms with Crippen molar-refractivity contribution in [2.75, 3.05) is 11.9 Å². The summed E-state index contributed by atoms with van der Waals surface area (Å²) in [5.41, 5.74) is 2.06. The van der Waals surface area contributed by atoms with Gasteiger partial charge in [0.05, 0.1) is 18.8 Å². The number of furan rings is 1. The van der Waals surface area contributed by atoms with Gasteiger partial charge in [-0.15, -0.1) is 0 Å². The molecule has 0 spiro atoms. The molecule has 1 unspecified atom stereocenters. The molecular formula is C15H17BrN2O2. The molecule has 0 saturated heterocycles. The summed E-state index contributed by atoms with van der Waals surface area (Å²) >= 11 is 3.47. The molecule has 0 fully saturated rings. The van der Waals surface area contributed by atoms with Gasteiger partial charge in [-0.3, -0.25) is 4.79 Å². The summed E-state index contributed by atoms with van der Waals surface area (Å²) in [6, 6.07) is 9.46. The lowest BCUT2D eigenvalue weighted by Crippen LogP contribution is -2.31. The van der Waals surface area contributed by atoms with E-state index in [1.54, 1.807) is 12.3 Å². The molecule has 0 aliphatic rings. The summed E-state index contributed by atoms with van der Waals surface area (Å²) in [6.45, 7) is 4.12. The summed E-state index contributed by atoms with van der Waals surface area (Å²) in [5, 5.41) is 5.97. The van der Waals surface area contributed by atoms with Gasteiger partial charge in [-0.05, 0) is 59.6 Å². The fraction of sp³-hybridized carbons (Fsp3) is 0.267. The fourth-order valence-electron chi connectivity index (χ4n) is 1.84. The predicted molar refractivity (Wildman–Crippen MR) is 82.6 cm³/mol. The van der Waals surface area contributed by atoms with Gasteiger partial charge in [0.1, 0.15) is 5.76 Å². The Bertz CT molecular complexity index is 582. The lowest BCUT2D eigenvalue weighted by Gasteiger charge is -2.13. The highest BCUT2D eigenvalue weighted by molar-refractivity contribution is 9.10. The zero-order valence-electron chi connectivity index (χ0n) is 11.4. The Morgan fingerprint density at radius 1 is 1.40 bits per heavy atom. The second-order valence-corrected chi connectivity index (χ2v) is 5.50. The van der Waals surface area contributed by atoms with Gasteiger partial charge in [-0.1, -0.05) is 6.07 Å². The Morgan fingerprint density at radius 2 is 2.20 bits per heavy atom. The first-order valence-corrected chi connectivity index (χ1v) is 7.18. The van der Waals surface area contributed by atoms with E-state index < -0.39 is 0 Å². The second-order valence-electron chi connectivity index (χ2n) is 4.64. The van der Waals surface area contributed by atoms with Crippen LogP contribution in [0.4, 0.5) is 5.69 Å². The van der Waals surface area contributed by atoms with E-state index in [4.69, 9.17) is 4.42 Å². The number of amides is 1. The van der Waals surface area contributed by atoms with Crippen molar-refractivity contribution in [3.8, 4) is 0 Å². The van der Waals surface area contributed by atoms with Crippen LogP contribution in [0.2, 0.25) is 0 Å². The number of hydrogen-bond donors (Lipinski definition) is 2. The van der Waals surface area contributed by atoms with E-state index >= 15 is 0 Å². The van der Waals surface area contributed by atoms with Crippen molar-refractivity contribution in [2.45, 2.75) is 19.9 Å². The van der Waals surface area contributed by atoms with Gasteiger partial charge in [0, 0.05) is 10.2 Å². The number of hydrogen-bond acceptors (Lipinski definition) is 3. The molecule has 20 heavy (non-hydrogen) atoms. The van der Waals surface area contributed by atoms with Gasteiger partial charge in [0.2, 0.25) is 5.91 Å². The maximum atomic E-state index is 11.9. The molecule has 0 radical (unpaired) electrons. The molecular weight excluding hydrogens is 320 g/mol. The van der Waals surface area contributed by atoms with Crippen molar-refractivity contribution in [3.05, 3.63) is 52.4 Å². The molecule has 1 heterocycles. The van der Waals surface area contributed by atoms with Gasteiger partial charge in [-0.2, -0.15) is 0 Å². The average molecular weight is 337 g/mol. The molecule has 1 amide bonds. The Labute approximate surface area is 126 Å². The average Bonchev–Trinajstić information content (AvgIpc) is 2.91.